The van der Waals surface area contributed by atoms with E-state index in [0.29, 0.717) is 23.0 Å². The average molecular weight is 401 g/mol. The van der Waals surface area contributed by atoms with Gasteiger partial charge in [-0.3, -0.25) is 10.2 Å². The van der Waals surface area contributed by atoms with Crippen LogP contribution in [-0.2, 0) is 4.74 Å². The van der Waals surface area contributed by atoms with E-state index in [1.165, 1.54) is 23.1 Å². The zero-order valence-electron chi connectivity index (χ0n) is 12.9. The van der Waals surface area contributed by atoms with E-state index in [2.05, 4.69) is 21.2 Å². The molecule has 1 aromatic carbocycles. The number of nitrogens with one attached hydrogen (secondary N) is 1. The number of nitrogens with zero attached hydrogens (tertiary/aromatic N) is 1. The lowest BCUT2D eigenvalue weighted by Crippen LogP contribution is -2.55. The predicted octanol–water partition coefficient (Wildman–Crippen LogP) is 4.20. The standard InChI is InChI=1S/C16H18BrFN2O4/c17-12-8-10(18)3-4-13(12)19-14(21)24-9-16-6-1-2-11(5-7-16)20(16)15(22)23/h3-4,8,11H,1-2,5-7,9H2,(H,19,21)(H,22,23)/t11-,16+/m1/s1. The minimum Gasteiger partial charge on any atom is -0.465 e. The summed E-state index contributed by atoms with van der Waals surface area (Å²) in [6.07, 6.45) is 2.37. The minimum atomic E-state index is -0.956. The van der Waals surface area contributed by atoms with Crippen LogP contribution in [0.15, 0.2) is 22.7 Å². The van der Waals surface area contributed by atoms with E-state index in [1.54, 1.807) is 0 Å². The molecule has 6 nitrogen and oxygen atoms in total. The van der Waals surface area contributed by atoms with Crippen molar-refractivity contribution in [2.75, 3.05) is 11.9 Å². The first kappa shape index (κ1) is 17.0. The van der Waals surface area contributed by atoms with Crippen LogP contribution in [0.2, 0.25) is 0 Å². The smallest absolute Gasteiger partial charge is 0.411 e. The summed E-state index contributed by atoms with van der Waals surface area (Å²) >= 11 is 3.17. The second-order valence-corrected chi connectivity index (χ2v) is 7.14. The fraction of sp³-hybridized carbons (Fsp3) is 0.500. The van der Waals surface area contributed by atoms with E-state index in [0.717, 1.165) is 19.3 Å². The maximum absolute atomic E-state index is 13.1. The molecule has 0 aromatic heterocycles. The number of carbonyl (C=O) groups excluding carboxylic acids is 1. The second kappa shape index (κ2) is 6.58. The molecule has 0 aliphatic carbocycles. The number of benzene rings is 1. The summed E-state index contributed by atoms with van der Waals surface area (Å²) in [5.41, 5.74) is -0.228. The third-order valence-electron chi connectivity index (χ3n) is 4.84. The average Bonchev–Trinajstić information content (AvgIpc) is 2.76. The number of rotatable bonds is 3. The largest absolute Gasteiger partial charge is 0.465 e. The Morgan fingerprint density at radius 3 is 2.92 bits per heavy atom. The molecule has 0 spiro atoms. The van der Waals surface area contributed by atoms with Crippen LogP contribution in [0.1, 0.15) is 32.1 Å². The molecule has 2 atom stereocenters. The van der Waals surface area contributed by atoms with Crippen molar-refractivity contribution in [3.63, 3.8) is 0 Å². The van der Waals surface area contributed by atoms with Crippen molar-refractivity contribution in [1.82, 2.24) is 4.90 Å². The Labute approximate surface area is 147 Å². The zero-order valence-corrected chi connectivity index (χ0v) is 14.5. The number of carboxylic acid groups (broad SMARTS) is 1. The number of hydrogen-bond acceptors (Lipinski definition) is 3. The maximum atomic E-state index is 13.1. The van der Waals surface area contributed by atoms with Crippen molar-refractivity contribution >= 4 is 33.8 Å². The Morgan fingerprint density at radius 1 is 1.42 bits per heavy atom. The number of amides is 2. The minimum absolute atomic E-state index is 0.0224. The summed E-state index contributed by atoms with van der Waals surface area (Å²) in [6.45, 7) is 0.0282. The van der Waals surface area contributed by atoms with Crippen LogP contribution in [0, 0.1) is 5.82 Å². The molecule has 2 heterocycles. The molecule has 2 fully saturated rings. The molecule has 2 N–H and O–H groups in total. The molecule has 2 bridgehead atoms. The monoisotopic (exact) mass is 400 g/mol. The Kier molecular flexibility index (Phi) is 4.67. The fourth-order valence-corrected chi connectivity index (χ4v) is 4.22. The van der Waals surface area contributed by atoms with Crippen molar-refractivity contribution in [3.8, 4) is 0 Å². The van der Waals surface area contributed by atoms with Crippen molar-refractivity contribution < 1.29 is 23.8 Å². The number of ether oxygens (including phenoxy) is 1. The number of halogens is 2. The zero-order chi connectivity index (χ0) is 17.3. The predicted molar refractivity (Wildman–Crippen MR) is 88.5 cm³/mol. The van der Waals surface area contributed by atoms with Crippen LogP contribution >= 0.6 is 15.9 Å². The van der Waals surface area contributed by atoms with E-state index in [9.17, 15) is 19.1 Å². The van der Waals surface area contributed by atoms with Gasteiger partial charge in [0.25, 0.3) is 0 Å². The van der Waals surface area contributed by atoms with E-state index < -0.39 is 23.5 Å². The van der Waals surface area contributed by atoms with Gasteiger partial charge in [0.05, 0.1) is 11.2 Å². The van der Waals surface area contributed by atoms with E-state index in [1.807, 2.05) is 0 Å². The van der Waals surface area contributed by atoms with E-state index >= 15 is 0 Å². The second-order valence-electron chi connectivity index (χ2n) is 6.29. The molecule has 2 amide bonds. The summed E-state index contributed by atoms with van der Waals surface area (Å²) < 4.78 is 18.8. The molecule has 130 valence electrons. The molecular formula is C16H18BrFN2O4. The summed E-state index contributed by atoms with van der Waals surface area (Å²) in [7, 11) is 0. The van der Waals surface area contributed by atoms with Gasteiger partial charge in [0, 0.05) is 10.5 Å². The highest BCUT2D eigenvalue weighted by Gasteiger charge is 2.52. The first-order chi connectivity index (χ1) is 11.4. The normalized spacial score (nSPS) is 25.4. The van der Waals surface area contributed by atoms with Crippen LogP contribution in [0.4, 0.5) is 19.7 Å². The highest BCUT2D eigenvalue weighted by molar-refractivity contribution is 9.10. The Bertz CT molecular complexity index is 667. The lowest BCUT2D eigenvalue weighted by molar-refractivity contribution is 0.0110. The third-order valence-corrected chi connectivity index (χ3v) is 5.50. The van der Waals surface area contributed by atoms with Crippen LogP contribution in [0.3, 0.4) is 0 Å². The van der Waals surface area contributed by atoms with Crippen LogP contribution < -0.4 is 5.32 Å². The molecule has 2 aliphatic rings. The van der Waals surface area contributed by atoms with Gasteiger partial charge in [0.1, 0.15) is 12.4 Å². The molecule has 24 heavy (non-hydrogen) atoms. The highest BCUT2D eigenvalue weighted by Crippen LogP contribution is 2.44. The lowest BCUT2D eigenvalue weighted by Gasteiger charge is -2.42. The van der Waals surface area contributed by atoms with Crippen molar-refractivity contribution in [2.45, 2.75) is 43.7 Å². The van der Waals surface area contributed by atoms with Gasteiger partial charge in [-0.2, -0.15) is 0 Å². The SMILES string of the molecule is O=C(Nc1ccc(F)cc1Br)OC[C@]12CCC[C@H](CC1)N2C(=O)O. The van der Waals surface area contributed by atoms with E-state index in [4.69, 9.17) is 4.74 Å². The van der Waals surface area contributed by atoms with Gasteiger partial charge in [0.2, 0.25) is 0 Å². The molecular weight excluding hydrogens is 383 g/mol. The molecule has 0 unspecified atom stereocenters. The summed E-state index contributed by atoms with van der Waals surface area (Å²) in [4.78, 5) is 25.1. The third kappa shape index (κ3) is 3.19. The number of fused-ring (bicyclic) bond motifs is 2. The van der Waals surface area contributed by atoms with Crippen LogP contribution in [0.5, 0.6) is 0 Å². The van der Waals surface area contributed by atoms with Crippen molar-refractivity contribution in [1.29, 1.82) is 0 Å². The summed E-state index contributed by atoms with van der Waals surface area (Å²) in [5.74, 6) is -0.420. The Morgan fingerprint density at radius 2 is 2.21 bits per heavy atom. The van der Waals surface area contributed by atoms with Crippen LogP contribution in [0.25, 0.3) is 0 Å². The number of anilines is 1. The van der Waals surface area contributed by atoms with Gasteiger partial charge in [-0.05, 0) is 66.2 Å². The van der Waals surface area contributed by atoms with Gasteiger partial charge < -0.3 is 9.84 Å². The van der Waals surface area contributed by atoms with Crippen molar-refractivity contribution in [2.24, 2.45) is 0 Å². The van der Waals surface area contributed by atoms with Crippen molar-refractivity contribution in [3.05, 3.63) is 28.5 Å². The van der Waals surface area contributed by atoms with Crippen LogP contribution in [-0.4, -0.2) is 40.4 Å². The van der Waals surface area contributed by atoms with Gasteiger partial charge in [-0.15, -0.1) is 0 Å². The highest BCUT2D eigenvalue weighted by atomic mass is 79.9. The fourth-order valence-electron chi connectivity index (χ4n) is 3.77. The van der Waals surface area contributed by atoms with Gasteiger partial charge in [-0.25, -0.2) is 14.0 Å². The van der Waals surface area contributed by atoms with Gasteiger partial charge >= 0.3 is 12.2 Å². The lowest BCUT2D eigenvalue weighted by atomic mass is 9.89. The number of piperidine rings is 1. The van der Waals surface area contributed by atoms with E-state index in [-0.39, 0.29) is 12.6 Å². The molecule has 3 rings (SSSR count). The number of hydrogen-bond donors (Lipinski definition) is 2. The molecule has 1 aromatic rings. The topological polar surface area (TPSA) is 78.9 Å². The molecule has 8 heteroatoms. The Balaban J connectivity index is 1.64. The first-order valence-electron chi connectivity index (χ1n) is 7.82. The quantitative estimate of drug-likeness (QED) is 0.796. The molecule has 0 radical (unpaired) electrons. The maximum Gasteiger partial charge on any atom is 0.411 e. The van der Waals surface area contributed by atoms with Gasteiger partial charge in [0.15, 0.2) is 0 Å². The first-order valence-corrected chi connectivity index (χ1v) is 8.62. The number of carbonyl (C=O) groups is 2. The van der Waals surface area contributed by atoms with Gasteiger partial charge in [-0.1, -0.05) is 0 Å². The molecule has 2 saturated heterocycles. The Hall–Kier alpha value is -1.83. The molecule has 2 aliphatic heterocycles. The summed E-state index contributed by atoms with van der Waals surface area (Å²) in [6, 6.07) is 3.92. The molecule has 0 saturated carbocycles. The summed E-state index contributed by atoms with van der Waals surface area (Å²) in [5, 5.41) is 12.0.